The van der Waals surface area contributed by atoms with Crippen LogP contribution in [0.25, 0.3) is 0 Å². The minimum Gasteiger partial charge on any atom is -0.490 e. The van der Waals surface area contributed by atoms with Crippen LogP contribution in [-0.2, 0) is 9.47 Å². The molecular weight excluding hydrogens is 430 g/mol. The Morgan fingerprint density at radius 3 is 2.44 bits per heavy atom. The number of para-hydroxylation sites is 1. The Morgan fingerprint density at radius 2 is 1.84 bits per heavy atom. The number of rotatable bonds is 6. The molecule has 1 amide bonds. The third-order valence-electron chi connectivity index (χ3n) is 4.80. The summed E-state index contributed by atoms with van der Waals surface area (Å²) in [5, 5.41) is 1.09. The van der Waals surface area contributed by atoms with Crippen LogP contribution >= 0.6 is 11.3 Å². The number of carbonyl (C=O) groups is 2. The summed E-state index contributed by atoms with van der Waals surface area (Å²) in [7, 11) is 1.59. The van der Waals surface area contributed by atoms with E-state index in [-0.39, 0.29) is 18.4 Å². The van der Waals surface area contributed by atoms with Gasteiger partial charge in [-0.15, -0.1) is 0 Å². The first-order valence-corrected chi connectivity index (χ1v) is 11.6. The number of benzene rings is 1. The molecule has 2 heterocycles. The van der Waals surface area contributed by atoms with Crippen molar-refractivity contribution in [3.05, 3.63) is 36.0 Å². The predicted molar refractivity (Wildman–Crippen MR) is 125 cm³/mol. The summed E-state index contributed by atoms with van der Waals surface area (Å²) < 4.78 is 16.7. The third kappa shape index (κ3) is 6.12. The zero-order valence-electron chi connectivity index (χ0n) is 19.3. The summed E-state index contributed by atoms with van der Waals surface area (Å²) in [5.41, 5.74) is -0.402. The van der Waals surface area contributed by atoms with Gasteiger partial charge < -0.3 is 19.1 Å². The molecule has 1 aromatic heterocycles. The van der Waals surface area contributed by atoms with Gasteiger partial charge in [0, 0.05) is 33.0 Å². The third-order valence-corrected chi connectivity index (χ3v) is 5.99. The Hall–Kier alpha value is -2.81. The quantitative estimate of drug-likeness (QED) is 0.575. The lowest BCUT2D eigenvalue weighted by atomic mass is 10.1. The number of anilines is 2. The molecule has 3 rings (SSSR count). The topological polar surface area (TPSA) is 81.2 Å². The molecular formula is C23H31N3O5S. The van der Waals surface area contributed by atoms with Crippen molar-refractivity contribution in [3.63, 3.8) is 0 Å². The number of nitrogens with zero attached hydrogens (tertiary/aromatic N) is 3. The smallest absolute Gasteiger partial charge is 0.416 e. The van der Waals surface area contributed by atoms with Gasteiger partial charge in [0.05, 0.1) is 6.61 Å². The highest BCUT2D eigenvalue weighted by molar-refractivity contribution is 7.20. The summed E-state index contributed by atoms with van der Waals surface area (Å²) in [6, 6.07) is 9.77. The Balaban J connectivity index is 1.75. The average molecular weight is 462 g/mol. The SMILES string of the molecule is CCOC(=O)c1nc(N(C)C(=O)OC(C)(C)C)sc1N1CCC(Oc2ccccc2)CC1. The van der Waals surface area contributed by atoms with Crippen LogP contribution in [0.2, 0.25) is 0 Å². The molecule has 32 heavy (non-hydrogen) atoms. The first kappa shape index (κ1) is 23.8. The maximum atomic E-state index is 12.6. The van der Waals surface area contributed by atoms with Gasteiger partial charge >= 0.3 is 12.1 Å². The molecule has 1 saturated heterocycles. The number of hydrogen-bond donors (Lipinski definition) is 0. The van der Waals surface area contributed by atoms with E-state index in [1.54, 1.807) is 34.7 Å². The lowest BCUT2D eigenvalue weighted by Gasteiger charge is -2.32. The van der Waals surface area contributed by atoms with E-state index >= 15 is 0 Å². The highest BCUT2D eigenvalue weighted by Crippen LogP contribution is 2.36. The van der Waals surface area contributed by atoms with Crippen LogP contribution in [0.4, 0.5) is 14.9 Å². The van der Waals surface area contributed by atoms with Crippen molar-refractivity contribution in [1.29, 1.82) is 0 Å². The monoisotopic (exact) mass is 461 g/mol. The first-order chi connectivity index (χ1) is 15.2. The summed E-state index contributed by atoms with van der Waals surface area (Å²) in [5.74, 6) is 0.363. The summed E-state index contributed by atoms with van der Waals surface area (Å²) in [4.78, 5) is 33.0. The molecule has 174 valence electrons. The molecule has 0 aliphatic carbocycles. The van der Waals surface area contributed by atoms with Crippen molar-refractivity contribution < 1.29 is 23.8 Å². The predicted octanol–water partition coefficient (Wildman–Crippen LogP) is 4.74. The Bertz CT molecular complexity index is 917. The van der Waals surface area contributed by atoms with E-state index in [1.807, 2.05) is 30.3 Å². The van der Waals surface area contributed by atoms with Gasteiger partial charge in [-0.3, -0.25) is 4.90 Å². The fraction of sp³-hybridized carbons (Fsp3) is 0.522. The fourth-order valence-corrected chi connectivity index (χ4v) is 4.33. The largest absolute Gasteiger partial charge is 0.490 e. The minimum absolute atomic E-state index is 0.108. The molecule has 0 N–H and O–H groups in total. The van der Waals surface area contributed by atoms with Gasteiger partial charge in [0.25, 0.3) is 0 Å². The van der Waals surface area contributed by atoms with Crippen LogP contribution in [-0.4, -0.2) is 55.5 Å². The number of piperidine rings is 1. The van der Waals surface area contributed by atoms with Crippen molar-refractivity contribution in [2.24, 2.45) is 0 Å². The van der Waals surface area contributed by atoms with Crippen molar-refractivity contribution in [2.75, 3.05) is 36.5 Å². The van der Waals surface area contributed by atoms with E-state index in [9.17, 15) is 9.59 Å². The Morgan fingerprint density at radius 1 is 1.19 bits per heavy atom. The van der Waals surface area contributed by atoms with E-state index in [2.05, 4.69) is 9.88 Å². The van der Waals surface area contributed by atoms with Gasteiger partial charge in [-0.1, -0.05) is 29.5 Å². The van der Waals surface area contributed by atoms with E-state index in [1.165, 1.54) is 16.2 Å². The first-order valence-electron chi connectivity index (χ1n) is 10.8. The Kier molecular flexibility index (Phi) is 7.60. The minimum atomic E-state index is -0.629. The molecule has 1 aliphatic heterocycles. The molecule has 0 saturated carbocycles. The maximum absolute atomic E-state index is 12.6. The van der Waals surface area contributed by atoms with E-state index < -0.39 is 17.7 Å². The molecule has 0 radical (unpaired) electrons. The molecule has 0 bridgehead atoms. The zero-order chi connectivity index (χ0) is 23.3. The zero-order valence-corrected chi connectivity index (χ0v) is 20.1. The van der Waals surface area contributed by atoms with Gasteiger partial charge in [-0.05, 0) is 39.8 Å². The highest BCUT2D eigenvalue weighted by Gasteiger charge is 2.31. The second-order valence-corrected chi connectivity index (χ2v) is 9.48. The number of carbonyl (C=O) groups excluding carboxylic acids is 2. The molecule has 8 nitrogen and oxygen atoms in total. The summed E-state index contributed by atoms with van der Waals surface area (Å²) in [6.45, 7) is 8.83. The second kappa shape index (κ2) is 10.2. The highest BCUT2D eigenvalue weighted by atomic mass is 32.1. The second-order valence-electron chi connectivity index (χ2n) is 8.53. The van der Waals surface area contributed by atoms with Crippen molar-refractivity contribution in [3.8, 4) is 5.75 Å². The van der Waals surface area contributed by atoms with Crippen LogP contribution in [0.15, 0.2) is 30.3 Å². The lowest BCUT2D eigenvalue weighted by Crippen LogP contribution is -2.38. The van der Waals surface area contributed by atoms with E-state index in [0.717, 1.165) is 18.6 Å². The maximum Gasteiger partial charge on any atom is 0.416 e. The van der Waals surface area contributed by atoms with Crippen LogP contribution < -0.4 is 14.5 Å². The van der Waals surface area contributed by atoms with Gasteiger partial charge in [0.1, 0.15) is 22.5 Å². The van der Waals surface area contributed by atoms with Crippen LogP contribution in [0.3, 0.4) is 0 Å². The summed E-state index contributed by atoms with van der Waals surface area (Å²) >= 11 is 1.29. The van der Waals surface area contributed by atoms with Crippen molar-refractivity contribution >= 4 is 33.5 Å². The average Bonchev–Trinajstić information content (AvgIpc) is 3.19. The van der Waals surface area contributed by atoms with Crippen molar-refractivity contribution in [1.82, 2.24) is 4.98 Å². The molecule has 0 spiro atoms. The standard InChI is InChI=1S/C23H31N3O5S/c1-6-29-20(27)18-19(32-21(24-18)25(5)22(28)31-23(2,3)4)26-14-12-17(13-15-26)30-16-10-8-7-9-11-16/h7-11,17H,6,12-15H2,1-5H3. The van der Waals surface area contributed by atoms with E-state index in [4.69, 9.17) is 14.2 Å². The van der Waals surface area contributed by atoms with Crippen LogP contribution in [0, 0.1) is 0 Å². The normalized spacial score (nSPS) is 14.7. The number of amides is 1. The molecule has 1 fully saturated rings. The van der Waals surface area contributed by atoms with Crippen LogP contribution in [0.1, 0.15) is 51.0 Å². The number of aromatic nitrogens is 1. The number of esters is 1. The molecule has 9 heteroatoms. The fourth-order valence-electron chi connectivity index (χ4n) is 3.27. The number of thiazole rings is 1. The molecule has 1 aromatic carbocycles. The van der Waals surface area contributed by atoms with E-state index in [0.29, 0.717) is 23.2 Å². The van der Waals surface area contributed by atoms with Gasteiger partial charge in [0.2, 0.25) is 0 Å². The summed E-state index contributed by atoms with van der Waals surface area (Å²) in [6.07, 6.45) is 1.21. The lowest BCUT2D eigenvalue weighted by molar-refractivity contribution is 0.0517. The van der Waals surface area contributed by atoms with Gasteiger partial charge in [-0.2, -0.15) is 0 Å². The molecule has 0 unspecified atom stereocenters. The van der Waals surface area contributed by atoms with Gasteiger partial charge in [0.15, 0.2) is 10.8 Å². The van der Waals surface area contributed by atoms with Gasteiger partial charge in [-0.25, -0.2) is 14.6 Å². The molecule has 2 aromatic rings. The molecule has 1 aliphatic rings. The molecule has 0 atom stereocenters. The number of hydrogen-bond acceptors (Lipinski definition) is 8. The van der Waals surface area contributed by atoms with Crippen molar-refractivity contribution in [2.45, 2.75) is 52.2 Å². The van der Waals surface area contributed by atoms with Crippen LogP contribution in [0.5, 0.6) is 5.75 Å². The number of ether oxygens (including phenoxy) is 3. The Labute approximate surface area is 193 Å².